The molecule has 6 rings (SSSR count). The lowest BCUT2D eigenvalue weighted by Gasteiger charge is -2.73. The van der Waals surface area contributed by atoms with Gasteiger partial charge in [-0.05, 0) is 104 Å². The van der Waals surface area contributed by atoms with Crippen molar-refractivity contribution in [2.24, 2.45) is 56.2 Å². The summed E-state index contributed by atoms with van der Waals surface area (Å²) in [5.74, 6) is 2.50. The monoisotopic (exact) mass is 456 g/mol. The summed E-state index contributed by atoms with van der Waals surface area (Å²) in [6.07, 6.45) is 11.6. The molecule has 6 aliphatic rings. The van der Waals surface area contributed by atoms with Gasteiger partial charge in [0.15, 0.2) is 0 Å². The summed E-state index contributed by atoms with van der Waals surface area (Å²) in [4.78, 5) is 13.3. The van der Waals surface area contributed by atoms with E-state index in [0.717, 1.165) is 31.6 Å². The highest BCUT2D eigenvalue weighted by molar-refractivity contribution is 5.81. The second kappa shape index (κ2) is 6.40. The first kappa shape index (κ1) is 22.9. The van der Waals surface area contributed by atoms with Gasteiger partial charge in [0.25, 0.3) is 0 Å². The van der Waals surface area contributed by atoms with Crippen molar-refractivity contribution >= 4 is 5.97 Å². The Bertz CT molecular complexity index is 876. The minimum atomic E-state index is -0.189. The van der Waals surface area contributed by atoms with Crippen LogP contribution >= 0.6 is 0 Å². The van der Waals surface area contributed by atoms with Gasteiger partial charge in [-0.25, -0.2) is 0 Å². The zero-order valence-corrected chi connectivity index (χ0v) is 22.3. The summed E-state index contributed by atoms with van der Waals surface area (Å²) in [5, 5.41) is 10.9. The summed E-state index contributed by atoms with van der Waals surface area (Å²) in [5.41, 5.74) is 0.823. The molecule has 186 valence electrons. The molecule has 2 bridgehead atoms. The first-order valence-electron chi connectivity index (χ1n) is 14.1. The van der Waals surface area contributed by atoms with E-state index in [-0.39, 0.29) is 39.8 Å². The third-order valence-electron chi connectivity index (χ3n) is 14.0. The zero-order valence-electron chi connectivity index (χ0n) is 22.3. The Morgan fingerprint density at radius 2 is 1.45 bits per heavy atom. The molecule has 5 saturated carbocycles. The van der Waals surface area contributed by atoms with E-state index in [1.807, 2.05) is 0 Å². The molecule has 0 aromatic carbocycles. The minimum absolute atomic E-state index is 0.00939. The SMILES string of the molecule is CC1(C)CC[C@@]23CC[C@]4(C)[C@H](CC[C@@H]5[C@@]6(C)CC[C@@H](O)C(C)(C)[C@H]6CC[C@]54C)[C@@H]2[C@@H]1OC3=O. The molecule has 3 heteroatoms. The molecule has 33 heavy (non-hydrogen) atoms. The maximum atomic E-state index is 13.3. The van der Waals surface area contributed by atoms with Crippen LogP contribution in [0.25, 0.3) is 0 Å². The van der Waals surface area contributed by atoms with Crippen molar-refractivity contribution in [1.29, 1.82) is 0 Å². The van der Waals surface area contributed by atoms with Gasteiger partial charge < -0.3 is 9.84 Å². The fourth-order valence-corrected chi connectivity index (χ4v) is 11.8. The third kappa shape index (κ3) is 2.45. The number of hydrogen-bond donors (Lipinski definition) is 1. The lowest BCUT2D eigenvalue weighted by atomic mass is 9.31. The Hall–Kier alpha value is -0.570. The second-order valence-corrected chi connectivity index (χ2v) is 15.5. The van der Waals surface area contributed by atoms with Gasteiger partial charge in [0.2, 0.25) is 0 Å². The lowest BCUT2D eigenvalue weighted by Crippen LogP contribution is -2.67. The zero-order chi connectivity index (χ0) is 23.8. The van der Waals surface area contributed by atoms with Crippen molar-refractivity contribution in [3.05, 3.63) is 0 Å². The lowest BCUT2D eigenvalue weighted by molar-refractivity contribution is -0.252. The van der Waals surface area contributed by atoms with Crippen LogP contribution in [0.2, 0.25) is 0 Å². The van der Waals surface area contributed by atoms with Crippen molar-refractivity contribution in [1.82, 2.24) is 0 Å². The van der Waals surface area contributed by atoms with Gasteiger partial charge in [0.05, 0.1) is 11.5 Å². The Balaban J connectivity index is 1.41. The van der Waals surface area contributed by atoms with Crippen LogP contribution in [0.5, 0.6) is 0 Å². The molecule has 1 N–H and O–H groups in total. The smallest absolute Gasteiger partial charge is 0.312 e. The topological polar surface area (TPSA) is 46.5 Å². The number of rotatable bonds is 0. The van der Waals surface area contributed by atoms with E-state index in [9.17, 15) is 9.90 Å². The Morgan fingerprint density at radius 3 is 2.18 bits per heavy atom. The summed E-state index contributed by atoms with van der Waals surface area (Å²) < 4.78 is 6.28. The average Bonchev–Trinajstić information content (AvgIpc) is 2.99. The van der Waals surface area contributed by atoms with Crippen LogP contribution in [-0.4, -0.2) is 23.3 Å². The van der Waals surface area contributed by atoms with E-state index < -0.39 is 0 Å². The third-order valence-corrected chi connectivity index (χ3v) is 14.0. The molecule has 5 aliphatic carbocycles. The van der Waals surface area contributed by atoms with E-state index in [2.05, 4.69) is 48.5 Å². The van der Waals surface area contributed by atoms with E-state index in [1.54, 1.807) is 0 Å². The first-order valence-corrected chi connectivity index (χ1v) is 14.1. The number of carbonyl (C=O) groups excluding carboxylic acids is 1. The molecule has 0 unspecified atom stereocenters. The fourth-order valence-electron chi connectivity index (χ4n) is 11.8. The molecule has 0 radical (unpaired) electrons. The summed E-state index contributed by atoms with van der Waals surface area (Å²) in [7, 11) is 0. The van der Waals surface area contributed by atoms with E-state index in [4.69, 9.17) is 4.74 Å². The number of carbonyl (C=O) groups is 1. The van der Waals surface area contributed by atoms with Crippen LogP contribution in [0, 0.1) is 56.2 Å². The number of fused-ring (bicyclic) bond motifs is 5. The van der Waals surface area contributed by atoms with Crippen molar-refractivity contribution < 1.29 is 14.6 Å². The highest BCUT2D eigenvalue weighted by atomic mass is 16.6. The molecule has 6 fully saturated rings. The molecular weight excluding hydrogens is 408 g/mol. The summed E-state index contributed by atoms with van der Waals surface area (Å²) >= 11 is 0. The Labute approximate surface area is 201 Å². The quantitative estimate of drug-likeness (QED) is 0.409. The van der Waals surface area contributed by atoms with Crippen LogP contribution in [-0.2, 0) is 9.53 Å². The van der Waals surface area contributed by atoms with Crippen molar-refractivity contribution in [3.63, 3.8) is 0 Å². The van der Waals surface area contributed by atoms with E-state index in [0.29, 0.717) is 28.6 Å². The van der Waals surface area contributed by atoms with Crippen LogP contribution in [0.15, 0.2) is 0 Å². The van der Waals surface area contributed by atoms with Gasteiger partial charge in [-0.2, -0.15) is 0 Å². The number of hydrogen-bond acceptors (Lipinski definition) is 3. The highest BCUT2D eigenvalue weighted by Gasteiger charge is 2.75. The molecule has 1 aliphatic heterocycles. The average molecular weight is 457 g/mol. The van der Waals surface area contributed by atoms with Gasteiger partial charge in [-0.1, -0.05) is 48.5 Å². The summed E-state index contributed by atoms with van der Waals surface area (Å²) in [6.45, 7) is 17.3. The van der Waals surface area contributed by atoms with Crippen LogP contribution in [0.1, 0.15) is 113 Å². The van der Waals surface area contributed by atoms with Crippen molar-refractivity contribution in [2.75, 3.05) is 0 Å². The van der Waals surface area contributed by atoms with E-state index in [1.165, 1.54) is 38.5 Å². The Morgan fingerprint density at radius 1 is 0.758 bits per heavy atom. The molecule has 0 spiro atoms. The first-order chi connectivity index (χ1) is 15.2. The molecular formula is C30H48O3. The van der Waals surface area contributed by atoms with Crippen molar-refractivity contribution in [2.45, 2.75) is 125 Å². The number of esters is 1. The number of aliphatic hydroxyl groups excluding tert-OH is 1. The van der Waals surface area contributed by atoms with Crippen LogP contribution in [0.3, 0.4) is 0 Å². The minimum Gasteiger partial charge on any atom is -0.461 e. The normalized spacial score (nSPS) is 58.4. The molecule has 1 saturated heterocycles. The molecule has 0 aromatic rings. The van der Waals surface area contributed by atoms with Gasteiger partial charge in [0, 0.05) is 11.3 Å². The maximum Gasteiger partial charge on any atom is 0.312 e. The standard InChI is InChI=1S/C30H48O3/c1-25(2)14-16-30-17-15-28(6)18(22(30)23(25)33-24(30)32)8-9-20-27(5)12-11-21(31)26(3,4)19(27)10-13-29(20,28)7/h18-23,31H,8-17H2,1-7H3/t18-,19-,20-,21-,22-,23+,27+,28-,29-,30-/m1/s1. The molecule has 0 amide bonds. The molecule has 3 nitrogen and oxygen atoms in total. The predicted molar refractivity (Wildman–Crippen MR) is 130 cm³/mol. The second-order valence-electron chi connectivity index (χ2n) is 15.5. The molecule has 10 atom stereocenters. The highest BCUT2D eigenvalue weighted by Crippen LogP contribution is 2.78. The largest absolute Gasteiger partial charge is 0.461 e. The number of ether oxygens (including phenoxy) is 1. The van der Waals surface area contributed by atoms with Crippen LogP contribution < -0.4 is 0 Å². The van der Waals surface area contributed by atoms with Gasteiger partial charge >= 0.3 is 5.97 Å². The molecule has 0 aromatic heterocycles. The maximum absolute atomic E-state index is 13.3. The van der Waals surface area contributed by atoms with E-state index >= 15 is 0 Å². The van der Waals surface area contributed by atoms with Crippen LogP contribution in [0.4, 0.5) is 0 Å². The predicted octanol–water partition coefficient (Wildman–Crippen LogP) is 6.76. The van der Waals surface area contributed by atoms with Gasteiger partial charge in [0.1, 0.15) is 6.10 Å². The van der Waals surface area contributed by atoms with Gasteiger partial charge in [-0.15, -0.1) is 0 Å². The molecule has 1 heterocycles. The number of aliphatic hydroxyl groups is 1. The fraction of sp³-hybridized carbons (Fsp3) is 0.967. The van der Waals surface area contributed by atoms with Gasteiger partial charge in [-0.3, -0.25) is 4.79 Å². The summed E-state index contributed by atoms with van der Waals surface area (Å²) in [6, 6.07) is 0. The Kier molecular flexibility index (Phi) is 4.44. The van der Waals surface area contributed by atoms with Crippen molar-refractivity contribution in [3.8, 4) is 0 Å².